The quantitative estimate of drug-likeness (QED) is 0.486. The van der Waals surface area contributed by atoms with E-state index >= 15 is 0 Å². The van der Waals surface area contributed by atoms with Crippen LogP contribution in [0.1, 0.15) is 38.5 Å². The van der Waals surface area contributed by atoms with Crippen molar-refractivity contribution >= 4 is 45.3 Å². The molecule has 8 heteroatoms. The van der Waals surface area contributed by atoms with Crippen LogP contribution >= 0.6 is 27.3 Å². The second kappa shape index (κ2) is 9.52. The molecule has 1 aromatic carbocycles. The van der Waals surface area contributed by atoms with Crippen molar-refractivity contribution in [1.29, 1.82) is 5.26 Å². The molecule has 2 amide bonds. The van der Waals surface area contributed by atoms with Gasteiger partial charge in [-0.2, -0.15) is 5.26 Å². The predicted octanol–water partition coefficient (Wildman–Crippen LogP) is 2.83. The maximum absolute atomic E-state index is 12.6. The smallest absolute Gasteiger partial charge is 0.263 e. The summed E-state index contributed by atoms with van der Waals surface area (Å²) in [7, 11) is 0. The van der Waals surface area contributed by atoms with Gasteiger partial charge in [-0.3, -0.25) is 9.59 Å². The van der Waals surface area contributed by atoms with Crippen LogP contribution in [0.5, 0.6) is 0 Å². The first kappa shape index (κ1) is 20.1. The number of benzene rings is 1. The van der Waals surface area contributed by atoms with E-state index in [-0.39, 0.29) is 11.9 Å². The van der Waals surface area contributed by atoms with Crippen molar-refractivity contribution in [3.63, 3.8) is 0 Å². The number of nitrogens with one attached hydrogen (secondary N) is 3. The van der Waals surface area contributed by atoms with E-state index in [4.69, 9.17) is 5.26 Å². The molecule has 1 aromatic heterocycles. The number of rotatable bonds is 4. The van der Waals surface area contributed by atoms with E-state index < -0.39 is 0 Å². The molecule has 1 aliphatic rings. The lowest BCUT2D eigenvalue weighted by molar-refractivity contribution is -0.105. The van der Waals surface area contributed by atoms with Gasteiger partial charge in [-0.15, -0.1) is 11.3 Å². The number of hydrogen-bond donors (Lipinski definition) is 3. The summed E-state index contributed by atoms with van der Waals surface area (Å²) in [5.74, 6) is 5.83. The van der Waals surface area contributed by atoms with Crippen molar-refractivity contribution in [2.75, 3.05) is 18.4 Å². The Hall–Kier alpha value is -2.65. The van der Waals surface area contributed by atoms with Crippen LogP contribution < -0.4 is 16.0 Å². The van der Waals surface area contributed by atoms with Crippen molar-refractivity contribution < 1.29 is 9.59 Å². The molecule has 3 N–H and O–H groups in total. The summed E-state index contributed by atoms with van der Waals surface area (Å²) in [5, 5.41) is 17.8. The number of nitrogens with zero attached hydrogens (tertiary/aromatic N) is 1. The molecule has 0 bridgehead atoms. The molecular formula is C20H17BrN4O2S. The molecule has 6 nitrogen and oxygen atoms in total. The monoisotopic (exact) mass is 456 g/mol. The van der Waals surface area contributed by atoms with Crippen LogP contribution in [0.25, 0.3) is 0 Å². The fourth-order valence-electron chi connectivity index (χ4n) is 2.84. The van der Waals surface area contributed by atoms with Crippen LogP contribution in [-0.4, -0.2) is 31.4 Å². The largest absolute Gasteiger partial charge is 0.347 e. The number of carbonyl (C=O) groups excluding carboxylic acids is 2. The van der Waals surface area contributed by atoms with Crippen LogP contribution in [0.4, 0.5) is 5.69 Å². The Bertz CT molecular complexity index is 994. The molecule has 142 valence electrons. The molecule has 3 rings (SSSR count). The third kappa shape index (κ3) is 4.99. The Morgan fingerprint density at radius 1 is 1.36 bits per heavy atom. The van der Waals surface area contributed by atoms with Gasteiger partial charge in [0.15, 0.2) is 0 Å². The lowest BCUT2D eigenvalue weighted by atomic mass is 10.1. The fourth-order valence-corrected chi connectivity index (χ4v) is 4.18. The van der Waals surface area contributed by atoms with Crippen LogP contribution in [-0.2, 0) is 4.79 Å². The van der Waals surface area contributed by atoms with E-state index in [9.17, 15) is 9.59 Å². The number of thiophene rings is 1. The third-order valence-electron chi connectivity index (χ3n) is 4.20. The van der Waals surface area contributed by atoms with Gasteiger partial charge >= 0.3 is 0 Å². The highest BCUT2D eigenvalue weighted by Gasteiger charge is 2.20. The number of anilines is 1. The van der Waals surface area contributed by atoms with E-state index in [2.05, 4.69) is 49.8 Å². The van der Waals surface area contributed by atoms with Crippen molar-refractivity contribution in [3.05, 3.63) is 49.6 Å². The molecule has 2 aromatic rings. The van der Waals surface area contributed by atoms with Gasteiger partial charge in [0.05, 0.1) is 16.1 Å². The van der Waals surface area contributed by atoms with Crippen molar-refractivity contribution in [2.45, 2.75) is 18.9 Å². The Kier molecular flexibility index (Phi) is 6.83. The molecule has 0 aliphatic carbocycles. The minimum Gasteiger partial charge on any atom is -0.347 e. The average Bonchev–Trinajstić information content (AvgIpc) is 3.10. The van der Waals surface area contributed by atoms with Gasteiger partial charge in [0.2, 0.25) is 6.41 Å². The molecule has 0 radical (unpaired) electrons. The van der Waals surface area contributed by atoms with Gasteiger partial charge in [0.1, 0.15) is 10.9 Å². The van der Waals surface area contributed by atoms with Crippen molar-refractivity contribution in [3.8, 4) is 17.9 Å². The highest BCUT2D eigenvalue weighted by molar-refractivity contribution is 9.10. The molecule has 1 aliphatic heterocycles. The highest BCUT2D eigenvalue weighted by atomic mass is 79.9. The molecule has 0 spiro atoms. The van der Waals surface area contributed by atoms with Crippen molar-refractivity contribution in [1.82, 2.24) is 10.6 Å². The summed E-state index contributed by atoms with van der Waals surface area (Å²) < 4.78 is 0.678. The molecular weight excluding hydrogens is 440 g/mol. The van der Waals surface area contributed by atoms with Crippen LogP contribution in [0.3, 0.4) is 0 Å². The SMILES string of the molecule is N#Cc1ccc(C#Cc2cc(NC=O)c(C(=O)NC3CCCNC3)s2)cc1Br. The summed E-state index contributed by atoms with van der Waals surface area (Å²) >= 11 is 4.58. The first-order chi connectivity index (χ1) is 13.6. The lowest BCUT2D eigenvalue weighted by Crippen LogP contribution is -2.45. The van der Waals surface area contributed by atoms with Gasteiger partial charge in [-0.1, -0.05) is 11.8 Å². The predicted molar refractivity (Wildman–Crippen MR) is 112 cm³/mol. The maximum atomic E-state index is 12.6. The normalized spacial score (nSPS) is 15.6. The second-order valence-corrected chi connectivity index (χ2v) is 8.10. The zero-order valence-corrected chi connectivity index (χ0v) is 17.2. The summed E-state index contributed by atoms with van der Waals surface area (Å²) in [6.45, 7) is 1.71. The zero-order valence-electron chi connectivity index (χ0n) is 14.8. The van der Waals surface area contributed by atoms with E-state index in [0.29, 0.717) is 31.9 Å². The standard InChI is InChI=1S/C20H17BrN4O2S/c21-17-8-13(3-5-14(17)10-22)4-6-16-9-18(24-12-26)19(28-16)20(27)25-15-2-1-7-23-11-15/h3,5,8-9,12,15,23H,1-2,7,11H2,(H,24,26)(H,25,27). The summed E-state index contributed by atoms with van der Waals surface area (Å²) in [6, 6.07) is 9.09. The Labute approximate surface area is 175 Å². The van der Waals surface area contributed by atoms with Crippen LogP contribution in [0, 0.1) is 23.2 Å². The number of piperidine rings is 1. The van der Waals surface area contributed by atoms with E-state index in [1.165, 1.54) is 11.3 Å². The Morgan fingerprint density at radius 2 is 2.21 bits per heavy atom. The highest BCUT2D eigenvalue weighted by Crippen LogP contribution is 2.27. The van der Waals surface area contributed by atoms with Gasteiger partial charge in [0.25, 0.3) is 5.91 Å². The number of nitriles is 1. The molecule has 0 saturated carbocycles. The lowest BCUT2D eigenvalue weighted by Gasteiger charge is -2.23. The third-order valence-corrected chi connectivity index (χ3v) is 5.91. The summed E-state index contributed by atoms with van der Waals surface area (Å²) in [4.78, 5) is 24.6. The second-order valence-electron chi connectivity index (χ2n) is 6.19. The van der Waals surface area contributed by atoms with Crippen molar-refractivity contribution in [2.24, 2.45) is 0 Å². The zero-order chi connectivity index (χ0) is 19.9. The Morgan fingerprint density at radius 3 is 2.89 bits per heavy atom. The number of carbonyl (C=O) groups is 2. The summed E-state index contributed by atoms with van der Waals surface area (Å²) in [5.41, 5.74) is 1.73. The average molecular weight is 457 g/mol. The topological polar surface area (TPSA) is 94.0 Å². The molecule has 2 heterocycles. The van der Waals surface area contributed by atoms with E-state index in [0.717, 1.165) is 31.5 Å². The van der Waals surface area contributed by atoms with Gasteiger partial charge in [-0.05, 0) is 59.6 Å². The van der Waals surface area contributed by atoms with Gasteiger partial charge in [0, 0.05) is 22.6 Å². The molecule has 1 unspecified atom stereocenters. The van der Waals surface area contributed by atoms with E-state index in [1.807, 2.05) is 0 Å². The van der Waals surface area contributed by atoms with E-state index in [1.54, 1.807) is 24.3 Å². The minimum absolute atomic E-state index is 0.0814. The molecule has 1 fully saturated rings. The number of amides is 2. The first-order valence-electron chi connectivity index (χ1n) is 8.68. The van der Waals surface area contributed by atoms with Gasteiger partial charge in [-0.25, -0.2) is 0 Å². The first-order valence-corrected chi connectivity index (χ1v) is 10.3. The fraction of sp³-hybridized carbons (Fsp3) is 0.250. The number of hydrogen-bond acceptors (Lipinski definition) is 5. The molecule has 1 saturated heterocycles. The number of halogens is 1. The maximum Gasteiger partial charge on any atom is 0.263 e. The van der Waals surface area contributed by atoms with Crippen LogP contribution in [0.2, 0.25) is 0 Å². The van der Waals surface area contributed by atoms with Gasteiger partial charge < -0.3 is 16.0 Å². The minimum atomic E-state index is -0.211. The molecule has 28 heavy (non-hydrogen) atoms. The molecule has 1 atom stereocenters. The Balaban J connectivity index is 1.80. The van der Waals surface area contributed by atoms with Crippen LogP contribution in [0.15, 0.2) is 28.7 Å². The summed E-state index contributed by atoms with van der Waals surface area (Å²) in [6.07, 6.45) is 2.50.